The molecule has 6 nitrogen and oxygen atoms in total. The summed E-state index contributed by atoms with van der Waals surface area (Å²) in [5, 5.41) is 9.37. The fourth-order valence-corrected chi connectivity index (χ4v) is 4.40. The molecule has 0 spiro atoms. The first-order valence-electron chi connectivity index (χ1n) is 9.79. The lowest BCUT2D eigenvalue weighted by Gasteiger charge is -2.33. The lowest BCUT2D eigenvalue weighted by molar-refractivity contribution is -0.127. The van der Waals surface area contributed by atoms with Gasteiger partial charge in [0, 0.05) is 22.5 Å². The standard InChI is InChI=1S/C20H23ClN4O2S/c21-14-8-6-13(7-9-14)18(19(26)22-15-4-2-1-3-5-15)25(16-10-11-16)20(27)17-12-28-24-23-17/h6-9,12,15-16,18H,1-5,10-11H2,(H,22,26)/t18-/m1/s1. The molecule has 1 aromatic heterocycles. The van der Waals surface area contributed by atoms with Crippen molar-refractivity contribution in [3.63, 3.8) is 0 Å². The van der Waals surface area contributed by atoms with Crippen LogP contribution in [-0.2, 0) is 4.79 Å². The third-order valence-corrected chi connectivity index (χ3v) is 6.17. The van der Waals surface area contributed by atoms with Gasteiger partial charge in [0.1, 0.15) is 6.04 Å². The van der Waals surface area contributed by atoms with Crippen molar-refractivity contribution >= 4 is 34.9 Å². The molecule has 0 aliphatic heterocycles. The Balaban J connectivity index is 1.65. The van der Waals surface area contributed by atoms with E-state index in [4.69, 9.17) is 11.6 Å². The third kappa shape index (κ3) is 4.36. The molecule has 0 bridgehead atoms. The first kappa shape index (κ1) is 19.3. The highest BCUT2D eigenvalue weighted by atomic mass is 35.5. The molecular weight excluding hydrogens is 396 g/mol. The predicted octanol–water partition coefficient (Wildman–Crippen LogP) is 3.99. The van der Waals surface area contributed by atoms with Crippen LogP contribution in [0.3, 0.4) is 0 Å². The summed E-state index contributed by atoms with van der Waals surface area (Å²) in [4.78, 5) is 28.3. The van der Waals surface area contributed by atoms with Crippen molar-refractivity contribution in [1.29, 1.82) is 0 Å². The molecule has 28 heavy (non-hydrogen) atoms. The van der Waals surface area contributed by atoms with Gasteiger partial charge in [-0.3, -0.25) is 9.59 Å². The summed E-state index contributed by atoms with van der Waals surface area (Å²) in [6, 6.07) is 6.71. The molecule has 148 valence electrons. The van der Waals surface area contributed by atoms with Crippen LogP contribution in [0.5, 0.6) is 0 Å². The van der Waals surface area contributed by atoms with Crippen LogP contribution < -0.4 is 5.32 Å². The second kappa shape index (κ2) is 8.57. The fraction of sp³-hybridized carbons (Fsp3) is 0.500. The van der Waals surface area contributed by atoms with Crippen LogP contribution in [0.2, 0.25) is 5.02 Å². The number of nitrogens with one attached hydrogen (secondary N) is 1. The van der Waals surface area contributed by atoms with E-state index in [1.165, 1.54) is 6.42 Å². The Morgan fingerprint density at radius 3 is 2.43 bits per heavy atom. The Hall–Kier alpha value is -1.99. The molecule has 0 unspecified atom stereocenters. The number of hydrogen-bond donors (Lipinski definition) is 1. The second-order valence-corrected chi connectivity index (χ2v) is 8.58. The summed E-state index contributed by atoms with van der Waals surface area (Å²) in [5.74, 6) is -0.368. The van der Waals surface area contributed by atoms with Crippen LogP contribution >= 0.6 is 23.1 Å². The van der Waals surface area contributed by atoms with E-state index in [-0.39, 0.29) is 23.9 Å². The van der Waals surface area contributed by atoms with Gasteiger partial charge in [-0.25, -0.2) is 0 Å². The normalized spacial score (nSPS) is 18.5. The Morgan fingerprint density at radius 1 is 1.11 bits per heavy atom. The molecule has 0 radical (unpaired) electrons. The van der Waals surface area contributed by atoms with E-state index >= 15 is 0 Å². The molecule has 8 heteroatoms. The van der Waals surface area contributed by atoms with Crippen LogP contribution in [0.4, 0.5) is 0 Å². The molecule has 1 heterocycles. The number of carbonyl (C=O) groups excluding carboxylic acids is 2. The minimum atomic E-state index is -0.694. The number of aromatic nitrogens is 2. The number of hydrogen-bond acceptors (Lipinski definition) is 5. The van der Waals surface area contributed by atoms with Crippen molar-refractivity contribution in [2.45, 2.75) is 63.1 Å². The van der Waals surface area contributed by atoms with Gasteiger partial charge < -0.3 is 10.2 Å². The van der Waals surface area contributed by atoms with Crippen LogP contribution in [-0.4, -0.2) is 38.4 Å². The zero-order chi connectivity index (χ0) is 19.5. The van der Waals surface area contributed by atoms with Gasteiger partial charge in [0.05, 0.1) is 0 Å². The van der Waals surface area contributed by atoms with Crippen molar-refractivity contribution in [1.82, 2.24) is 19.8 Å². The summed E-state index contributed by atoms with van der Waals surface area (Å²) in [6.07, 6.45) is 7.25. The minimum Gasteiger partial charge on any atom is -0.351 e. The van der Waals surface area contributed by atoms with Crippen molar-refractivity contribution in [3.05, 3.63) is 45.9 Å². The van der Waals surface area contributed by atoms with Gasteiger partial charge in [-0.2, -0.15) is 0 Å². The summed E-state index contributed by atoms with van der Waals surface area (Å²) in [7, 11) is 0. The van der Waals surface area contributed by atoms with Crippen molar-refractivity contribution < 1.29 is 9.59 Å². The van der Waals surface area contributed by atoms with Crippen LogP contribution in [0.25, 0.3) is 0 Å². The van der Waals surface area contributed by atoms with Crippen LogP contribution in [0.1, 0.15) is 67.0 Å². The van der Waals surface area contributed by atoms with Crippen LogP contribution in [0, 0.1) is 0 Å². The topological polar surface area (TPSA) is 75.2 Å². The molecule has 1 atom stereocenters. The quantitative estimate of drug-likeness (QED) is 0.769. The zero-order valence-electron chi connectivity index (χ0n) is 15.5. The largest absolute Gasteiger partial charge is 0.351 e. The molecule has 2 aliphatic carbocycles. The summed E-state index contributed by atoms with van der Waals surface area (Å²) in [5.41, 5.74) is 1.06. The lowest BCUT2D eigenvalue weighted by Crippen LogP contribution is -2.48. The number of nitrogens with zero attached hydrogens (tertiary/aromatic N) is 3. The first-order chi connectivity index (χ1) is 13.6. The van der Waals surface area contributed by atoms with Gasteiger partial charge in [0.25, 0.3) is 5.91 Å². The molecule has 4 rings (SSSR count). The van der Waals surface area contributed by atoms with E-state index in [0.717, 1.165) is 55.6 Å². The molecule has 2 amide bonds. The lowest BCUT2D eigenvalue weighted by atomic mass is 9.94. The molecule has 2 fully saturated rings. The third-order valence-electron chi connectivity index (χ3n) is 5.42. The first-order valence-corrected chi connectivity index (χ1v) is 11.0. The fourth-order valence-electron chi connectivity index (χ4n) is 3.85. The maximum absolute atomic E-state index is 13.4. The highest BCUT2D eigenvalue weighted by Gasteiger charge is 2.42. The Bertz CT molecular complexity index is 817. The molecule has 0 saturated heterocycles. The van der Waals surface area contributed by atoms with Gasteiger partial charge in [-0.05, 0) is 54.9 Å². The van der Waals surface area contributed by atoms with Crippen molar-refractivity contribution in [3.8, 4) is 0 Å². The predicted molar refractivity (Wildman–Crippen MR) is 108 cm³/mol. The van der Waals surface area contributed by atoms with Crippen molar-refractivity contribution in [2.24, 2.45) is 0 Å². The van der Waals surface area contributed by atoms with E-state index in [9.17, 15) is 9.59 Å². The summed E-state index contributed by atoms with van der Waals surface area (Å²) < 4.78 is 3.81. The summed E-state index contributed by atoms with van der Waals surface area (Å²) in [6.45, 7) is 0. The van der Waals surface area contributed by atoms with Gasteiger partial charge >= 0.3 is 0 Å². The number of carbonyl (C=O) groups is 2. The van der Waals surface area contributed by atoms with E-state index < -0.39 is 6.04 Å². The van der Waals surface area contributed by atoms with Gasteiger partial charge in [0.15, 0.2) is 5.69 Å². The van der Waals surface area contributed by atoms with Gasteiger partial charge in [-0.1, -0.05) is 47.5 Å². The van der Waals surface area contributed by atoms with E-state index in [2.05, 4.69) is 14.9 Å². The Morgan fingerprint density at radius 2 is 1.82 bits per heavy atom. The maximum Gasteiger partial charge on any atom is 0.276 e. The minimum absolute atomic E-state index is 0.0481. The molecule has 1 aromatic carbocycles. The van der Waals surface area contributed by atoms with Gasteiger partial charge in [0.2, 0.25) is 5.91 Å². The van der Waals surface area contributed by atoms with Crippen molar-refractivity contribution in [2.75, 3.05) is 0 Å². The summed E-state index contributed by atoms with van der Waals surface area (Å²) >= 11 is 7.19. The number of benzene rings is 1. The highest BCUT2D eigenvalue weighted by Crippen LogP contribution is 2.36. The average Bonchev–Trinajstić information content (AvgIpc) is 3.39. The average molecular weight is 419 g/mol. The maximum atomic E-state index is 13.4. The molecule has 1 N–H and O–H groups in total. The monoisotopic (exact) mass is 418 g/mol. The zero-order valence-corrected chi connectivity index (χ0v) is 17.1. The Labute approximate surface area is 173 Å². The van der Waals surface area contributed by atoms with Crippen LogP contribution in [0.15, 0.2) is 29.6 Å². The van der Waals surface area contributed by atoms with E-state index in [0.29, 0.717) is 10.7 Å². The van der Waals surface area contributed by atoms with E-state index in [1.807, 2.05) is 12.1 Å². The highest BCUT2D eigenvalue weighted by molar-refractivity contribution is 7.03. The smallest absolute Gasteiger partial charge is 0.276 e. The Kier molecular flexibility index (Phi) is 5.92. The molecular formula is C20H23ClN4O2S. The number of rotatable bonds is 6. The SMILES string of the molecule is O=C(NC1CCCCC1)[C@@H](c1ccc(Cl)cc1)N(C(=O)c1csnn1)C1CC1. The molecule has 2 saturated carbocycles. The molecule has 2 aromatic rings. The number of amides is 2. The second-order valence-electron chi connectivity index (χ2n) is 7.53. The number of halogens is 1. The van der Waals surface area contributed by atoms with E-state index in [1.54, 1.807) is 22.4 Å². The van der Waals surface area contributed by atoms with Gasteiger partial charge in [-0.15, -0.1) is 5.10 Å². The molecule has 2 aliphatic rings.